The Morgan fingerprint density at radius 1 is 1.24 bits per heavy atom. The van der Waals surface area contributed by atoms with E-state index < -0.39 is 0 Å². The van der Waals surface area contributed by atoms with Crippen molar-refractivity contribution < 1.29 is 4.74 Å². The third-order valence-corrected chi connectivity index (χ3v) is 3.80. The van der Waals surface area contributed by atoms with Gasteiger partial charge in [-0.2, -0.15) is 0 Å². The topological polar surface area (TPSA) is 33.3 Å². The number of thiophene rings is 1. The van der Waals surface area contributed by atoms with Crippen LogP contribution >= 0.6 is 34.5 Å². The molecule has 0 bridgehead atoms. The molecule has 0 aliphatic carbocycles. The van der Waals surface area contributed by atoms with Crippen LogP contribution in [0.1, 0.15) is 12.0 Å². The van der Waals surface area contributed by atoms with Gasteiger partial charge < -0.3 is 15.4 Å². The molecular formula is C11H18Cl2N2OS. The standard InChI is InChI=1S/C11H18Cl2N2OS/c1-16-6-5-14-3-2-4-15-8-9-7-10(12)17-11(9)13/h7,14-15H,2-6,8H2,1H3. The molecule has 0 saturated heterocycles. The monoisotopic (exact) mass is 296 g/mol. The smallest absolute Gasteiger partial charge is 0.0989 e. The first-order valence-electron chi connectivity index (χ1n) is 5.58. The Balaban J connectivity index is 1.99. The van der Waals surface area contributed by atoms with E-state index in [0.29, 0.717) is 0 Å². The van der Waals surface area contributed by atoms with Crippen LogP contribution < -0.4 is 10.6 Å². The summed E-state index contributed by atoms with van der Waals surface area (Å²) < 4.78 is 6.46. The first-order chi connectivity index (χ1) is 8.24. The van der Waals surface area contributed by atoms with Gasteiger partial charge in [0.1, 0.15) is 0 Å². The number of ether oxygens (including phenoxy) is 1. The molecule has 0 saturated carbocycles. The maximum absolute atomic E-state index is 6.01. The van der Waals surface area contributed by atoms with Gasteiger partial charge in [-0.3, -0.25) is 0 Å². The second kappa shape index (κ2) is 9.14. The van der Waals surface area contributed by atoms with Crippen LogP contribution in [-0.4, -0.2) is 33.4 Å². The van der Waals surface area contributed by atoms with Crippen molar-refractivity contribution in [2.24, 2.45) is 0 Å². The van der Waals surface area contributed by atoms with E-state index in [-0.39, 0.29) is 0 Å². The summed E-state index contributed by atoms with van der Waals surface area (Å²) in [4.78, 5) is 0. The van der Waals surface area contributed by atoms with Gasteiger partial charge in [-0.1, -0.05) is 23.2 Å². The van der Waals surface area contributed by atoms with Crippen LogP contribution in [0.3, 0.4) is 0 Å². The van der Waals surface area contributed by atoms with Crippen LogP contribution in [0, 0.1) is 0 Å². The SMILES string of the molecule is COCCNCCCNCc1cc(Cl)sc1Cl. The molecule has 1 aromatic rings. The van der Waals surface area contributed by atoms with Gasteiger partial charge in [-0.05, 0) is 31.1 Å². The third-order valence-electron chi connectivity index (χ3n) is 2.23. The molecule has 3 nitrogen and oxygen atoms in total. The van der Waals surface area contributed by atoms with Gasteiger partial charge in [0.15, 0.2) is 0 Å². The summed E-state index contributed by atoms with van der Waals surface area (Å²) in [5.41, 5.74) is 1.08. The molecule has 1 aromatic heterocycles. The molecule has 98 valence electrons. The summed E-state index contributed by atoms with van der Waals surface area (Å²) >= 11 is 13.3. The fraction of sp³-hybridized carbons (Fsp3) is 0.636. The fourth-order valence-corrected chi connectivity index (χ4v) is 2.84. The van der Waals surface area contributed by atoms with Crippen molar-refractivity contribution in [3.8, 4) is 0 Å². The maximum atomic E-state index is 6.01. The number of rotatable bonds is 9. The third kappa shape index (κ3) is 6.60. The van der Waals surface area contributed by atoms with Crippen molar-refractivity contribution in [1.29, 1.82) is 0 Å². The Bertz CT molecular complexity index is 320. The average Bonchev–Trinajstić information content (AvgIpc) is 2.61. The Hall–Kier alpha value is 0.160. The minimum atomic E-state index is 0.744. The minimum Gasteiger partial charge on any atom is -0.383 e. The second-order valence-electron chi connectivity index (χ2n) is 3.62. The van der Waals surface area contributed by atoms with E-state index in [1.54, 1.807) is 7.11 Å². The summed E-state index contributed by atoms with van der Waals surface area (Å²) in [6.45, 7) is 4.40. The zero-order valence-electron chi connectivity index (χ0n) is 9.89. The molecule has 0 spiro atoms. The van der Waals surface area contributed by atoms with Crippen molar-refractivity contribution in [3.63, 3.8) is 0 Å². The van der Waals surface area contributed by atoms with E-state index >= 15 is 0 Å². The van der Waals surface area contributed by atoms with Gasteiger partial charge in [0.25, 0.3) is 0 Å². The lowest BCUT2D eigenvalue weighted by Gasteiger charge is -2.05. The lowest BCUT2D eigenvalue weighted by Crippen LogP contribution is -2.24. The predicted molar refractivity (Wildman–Crippen MR) is 75.4 cm³/mol. The summed E-state index contributed by atoms with van der Waals surface area (Å²) in [6.07, 6.45) is 1.08. The Morgan fingerprint density at radius 2 is 2.00 bits per heavy atom. The molecule has 0 unspecified atom stereocenters. The van der Waals surface area contributed by atoms with Gasteiger partial charge in [0, 0.05) is 20.2 Å². The lowest BCUT2D eigenvalue weighted by atomic mass is 10.3. The average molecular weight is 297 g/mol. The van der Waals surface area contributed by atoms with Gasteiger partial charge in [-0.25, -0.2) is 0 Å². The molecule has 0 aliphatic rings. The maximum Gasteiger partial charge on any atom is 0.0989 e. The molecule has 0 radical (unpaired) electrons. The van der Waals surface area contributed by atoms with Crippen molar-refractivity contribution in [2.75, 3.05) is 33.4 Å². The van der Waals surface area contributed by atoms with Gasteiger partial charge >= 0.3 is 0 Å². The van der Waals surface area contributed by atoms with Crippen molar-refractivity contribution in [2.45, 2.75) is 13.0 Å². The van der Waals surface area contributed by atoms with E-state index in [1.165, 1.54) is 11.3 Å². The molecule has 6 heteroatoms. The highest BCUT2D eigenvalue weighted by molar-refractivity contribution is 7.20. The van der Waals surface area contributed by atoms with Gasteiger partial charge in [0.2, 0.25) is 0 Å². The minimum absolute atomic E-state index is 0.744. The van der Waals surface area contributed by atoms with Crippen LogP contribution in [-0.2, 0) is 11.3 Å². The second-order valence-corrected chi connectivity index (χ2v) is 5.91. The fourth-order valence-electron chi connectivity index (χ4n) is 1.36. The number of hydrogen-bond acceptors (Lipinski definition) is 4. The van der Waals surface area contributed by atoms with Crippen LogP contribution in [0.5, 0.6) is 0 Å². The first-order valence-corrected chi connectivity index (χ1v) is 7.15. The largest absolute Gasteiger partial charge is 0.383 e. The van der Waals surface area contributed by atoms with Crippen molar-refractivity contribution in [3.05, 3.63) is 20.3 Å². The number of methoxy groups -OCH3 is 1. The molecule has 17 heavy (non-hydrogen) atoms. The molecule has 1 heterocycles. The van der Waals surface area contributed by atoms with E-state index in [2.05, 4.69) is 10.6 Å². The highest BCUT2D eigenvalue weighted by Crippen LogP contribution is 2.30. The highest BCUT2D eigenvalue weighted by atomic mass is 35.5. The molecule has 2 N–H and O–H groups in total. The molecule has 0 fully saturated rings. The molecule has 0 atom stereocenters. The summed E-state index contributed by atoms with van der Waals surface area (Å²) in [6, 6.07) is 1.92. The molecule has 1 rings (SSSR count). The Kier molecular flexibility index (Phi) is 8.18. The van der Waals surface area contributed by atoms with Gasteiger partial charge in [-0.15, -0.1) is 11.3 Å². The molecule has 0 aromatic carbocycles. The van der Waals surface area contributed by atoms with Crippen molar-refractivity contribution >= 4 is 34.5 Å². The lowest BCUT2D eigenvalue weighted by molar-refractivity contribution is 0.199. The van der Waals surface area contributed by atoms with Crippen molar-refractivity contribution in [1.82, 2.24) is 10.6 Å². The summed E-state index contributed by atoms with van der Waals surface area (Å²) in [5.74, 6) is 0. The van der Waals surface area contributed by atoms with Crippen LogP contribution in [0.2, 0.25) is 8.67 Å². The molecule has 0 aliphatic heterocycles. The normalized spacial score (nSPS) is 11.0. The predicted octanol–water partition coefficient (Wildman–Crippen LogP) is 2.77. The number of halogens is 2. The Labute approximate surface area is 116 Å². The van der Waals surface area contributed by atoms with Gasteiger partial charge in [0.05, 0.1) is 15.3 Å². The van der Waals surface area contributed by atoms with Crippen LogP contribution in [0.15, 0.2) is 6.07 Å². The zero-order chi connectivity index (χ0) is 12.5. The first kappa shape index (κ1) is 15.2. The van der Waals surface area contributed by atoms with E-state index in [9.17, 15) is 0 Å². The highest BCUT2D eigenvalue weighted by Gasteiger charge is 2.04. The van der Waals surface area contributed by atoms with Crippen LogP contribution in [0.25, 0.3) is 0 Å². The number of hydrogen-bond donors (Lipinski definition) is 2. The summed E-state index contributed by atoms with van der Waals surface area (Å²) in [7, 11) is 1.71. The quantitative estimate of drug-likeness (QED) is 0.688. The molecular weight excluding hydrogens is 279 g/mol. The summed E-state index contributed by atoms with van der Waals surface area (Å²) in [5, 5.41) is 6.63. The Morgan fingerprint density at radius 3 is 2.65 bits per heavy atom. The van der Waals surface area contributed by atoms with E-state index in [4.69, 9.17) is 27.9 Å². The van der Waals surface area contributed by atoms with Crippen LogP contribution in [0.4, 0.5) is 0 Å². The van der Waals surface area contributed by atoms with E-state index in [0.717, 1.165) is 53.4 Å². The molecule has 0 amide bonds. The zero-order valence-corrected chi connectivity index (χ0v) is 12.2. The van der Waals surface area contributed by atoms with E-state index in [1.807, 2.05) is 6.07 Å². The number of nitrogens with one attached hydrogen (secondary N) is 2.